The van der Waals surface area contributed by atoms with Crippen LogP contribution in [0.25, 0.3) is 0 Å². The molecule has 1 heterocycles. The van der Waals surface area contributed by atoms with Crippen LogP contribution in [0.2, 0.25) is 5.15 Å². The Hall–Kier alpha value is -0.870. The van der Waals surface area contributed by atoms with E-state index in [0.29, 0.717) is 17.1 Å². The van der Waals surface area contributed by atoms with E-state index >= 15 is 0 Å². The molecule has 1 atom stereocenters. The van der Waals surface area contributed by atoms with Gasteiger partial charge in [0.05, 0.1) is 0 Å². The van der Waals surface area contributed by atoms with Gasteiger partial charge in [0.2, 0.25) is 0 Å². The molecular formula is C12H21ClN4. The third-order valence-electron chi connectivity index (χ3n) is 2.33. The smallest absolute Gasteiger partial charge is 0.134 e. The molecule has 1 N–H and O–H groups in total. The maximum Gasteiger partial charge on any atom is 0.134 e. The van der Waals surface area contributed by atoms with E-state index in [1.165, 1.54) is 6.33 Å². The second-order valence-corrected chi connectivity index (χ2v) is 5.35. The Morgan fingerprint density at radius 1 is 1.35 bits per heavy atom. The number of aromatic nitrogens is 2. The van der Waals surface area contributed by atoms with Crippen molar-refractivity contribution in [2.24, 2.45) is 5.92 Å². The van der Waals surface area contributed by atoms with Gasteiger partial charge in [-0.1, -0.05) is 25.4 Å². The van der Waals surface area contributed by atoms with Crippen LogP contribution >= 0.6 is 11.6 Å². The fourth-order valence-electron chi connectivity index (χ4n) is 1.81. The molecule has 17 heavy (non-hydrogen) atoms. The Kier molecular flexibility index (Phi) is 5.65. The average molecular weight is 257 g/mol. The predicted molar refractivity (Wildman–Crippen MR) is 72.5 cm³/mol. The Morgan fingerprint density at radius 3 is 2.59 bits per heavy atom. The van der Waals surface area contributed by atoms with E-state index in [1.54, 1.807) is 6.07 Å². The van der Waals surface area contributed by atoms with Gasteiger partial charge in [-0.3, -0.25) is 0 Å². The molecule has 0 aliphatic heterocycles. The highest BCUT2D eigenvalue weighted by atomic mass is 35.5. The molecule has 96 valence electrons. The summed E-state index contributed by atoms with van der Waals surface area (Å²) in [6.07, 6.45) is 2.58. The number of nitrogens with one attached hydrogen (secondary N) is 1. The number of likely N-dealkylation sites (N-methyl/N-ethyl adjacent to an activating group) is 1. The zero-order valence-corrected chi connectivity index (χ0v) is 11.7. The summed E-state index contributed by atoms with van der Waals surface area (Å²) in [5.41, 5.74) is 0. The molecular weight excluding hydrogens is 236 g/mol. The van der Waals surface area contributed by atoms with Crippen molar-refractivity contribution in [2.45, 2.75) is 26.3 Å². The molecule has 0 bridgehead atoms. The van der Waals surface area contributed by atoms with Gasteiger partial charge in [0.25, 0.3) is 0 Å². The first-order chi connectivity index (χ1) is 7.97. The molecule has 0 fully saturated rings. The third-order valence-corrected chi connectivity index (χ3v) is 2.53. The summed E-state index contributed by atoms with van der Waals surface area (Å²) in [6, 6.07) is 2.13. The lowest BCUT2D eigenvalue weighted by atomic mass is 10.0. The number of nitrogens with zero attached hydrogens (tertiary/aromatic N) is 3. The van der Waals surface area contributed by atoms with Crippen LogP contribution < -0.4 is 5.32 Å². The van der Waals surface area contributed by atoms with Crippen LogP contribution in [0.15, 0.2) is 12.4 Å². The van der Waals surface area contributed by atoms with Crippen LogP contribution in [0.4, 0.5) is 5.82 Å². The molecule has 1 aromatic rings. The lowest BCUT2D eigenvalue weighted by molar-refractivity contribution is 0.356. The second-order valence-electron chi connectivity index (χ2n) is 4.96. The normalized spacial score (nSPS) is 13.1. The fraction of sp³-hybridized carbons (Fsp3) is 0.667. The minimum atomic E-state index is 0.371. The first-order valence-electron chi connectivity index (χ1n) is 5.86. The van der Waals surface area contributed by atoms with Crippen molar-refractivity contribution in [1.82, 2.24) is 14.9 Å². The van der Waals surface area contributed by atoms with E-state index in [9.17, 15) is 0 Å². The van der Waals surface area contributed by atoms with E-state index in [-0.39, 0.29) is 0 Å². The highest BCUT2D eigenvalue weighted by Gasteiger charge is 2.12. The Morgan fingerprint density at radius 2 is 2.06 bits per heavy atom. The number of hydrogen-bond acceptors (Lipinski definition) is 4. The van der Waals surface area contributed by atoms with Gasteiger partial charge in [-0.15, -0.1) is 0 Å². The van der Waals surface area contributed by atoms with Crippen molar-refractivity contribution in [3.63, 3.8) is 0 Å². The largest absolute Gasteiger partial charge is 0.366 e. The van der Waals surface area contributed by atoms with Gasteiger partial charge in [-0.05, 0) is 26.4 Å². The molecule has 0 spiro atoms. The molecule has 1 unspecified atom stereocenters. The van der Waals surface area contributed by atoms with Crippen molar-refractivity contribution in [2.75, 3.05) is 26.0 Å². The standard InChI is InChI=1S/C12H21ClN4/c1-9(2)5-10(7-17(3)4)16-12-6-11(13)14-8-15-12/h6,8-10H,5,7H2,1-4H3,(H,14,15,16). The summed E-state index contributed by atoms with van der Waals surface area (Å²) in [5, 5.41) is 3.87. The first kappa shape index (κ1) is 14.2. The summed E-state index contributed by atoms with van der Waals surface area (Å²) in [6.45, 7) is 5.41. The highest BCUT2D eigenvalue weighted by molar-refractivity contribution is 6.29. The lowest BCUT2D eigenvalue weighted by Crippen LogP contribution is -2.33. The summed E-state index contributed by atoms with van der Waals surface area (Å²) < 4.78 is 0. The fourth-order valence-corrected chi connectivity index (χ4v) is 1.96. The number of hydrogen-bond donors (Lipinski definition) is 1. The van der Waals surface area contributed by atoms with Gasteiger partial charge in [-0.25, -0.2) is 9.97 Å². The van der Waals surface area contributed by atoms with Crippen LogP contribution in [0, 0.1) is 5.92 Å². The molecule has 0 saturated heterocycles. The molecule has 0 amide bonds. The zero-order chi connectivity index (χ0) is 12.8. The summed E-state index contributed by atoms with van der Waals surface area (Å²) in [5.74, 6) is 1.43. The van der Waals surface area contributed by atoms with Crippen molar-refractivity contribution in [1.29, 1.82) is 0 Å². The summed E-state index contributed by atoms with van der Waals surface area (Å²) >= 11 is 5.84. The van der Waals surface area contributed by atoms with E-state index in [1.807, 2.05) is 0 Å². The van der Waals surface area contributed by atoms with Gasteiger partial charge >= 0.3 is 0 Å². The van der Waals surface area contributed by atoms with Crippen molar-refractivity contribution < 1.29 is 0 Å². The van der Waals surface area contributed by atoms with Crippen molar-refractivity contribution in [3.8, 4) is 0 Å². The topological polar surface area (TPSA) is 41.0 Å². The van der Waals surface area contributed by atoms with Crippen LogP contribution in [-0.2, 0) is 0 Å². The maximum atomic E-state index is 5.84. The quantitative estimate of drug-likeness (QED) is 0.794. The molecule has 1 rings (SSSR count). The van der Waals surface area contributed by atoms with Gasteiger partial charge in [0.1, 0.15) is 17.3 Å². The van der Waals surface area contributed by atoms with E-state index in [4.69, 9.17) is 11.6 Å². The van der Waals surface area contributed by atoms with Gasteiger partial charge < -0.3 is 10.2 Å². The van der Waals surface area contributed by atoms with Gasteiger partial charge in [0.15, 0.2) is 0 Å². The Balaban J connectivity index is 2.64. The third kappa shape index (κ3) is 5.84. The van der Waals surface area contributed by atoms with Crippen molar-refractivity contribution >= 4 is 17.4 Å². The summed E-state index contributed by atoms with van der Waals surface area (Å²) in [7, 11) is 4.14. The molecule has 0 saturated carbocycles. The molecule has 0 aliphatic carbocycles. The van der Waals surface area contributed by atoms with Crippen LogP contribution in [0.3, 0.4) is 0 Å². The number of halogens is 1. The maximum absolute atomic E-state index is 5.84. The molecule has 1 aromatic heterocycles. The van der Waals surface area contributed by atoms with Gasteiger partial charge in [0, 0.05) is 18.7 Å². The molecule has 4 nitrogen and oxygen atoms in total. The first-order valence-corrected chi connectivity index (χ1v) is 6.24. The highest BCUT2D eigenvalue weighted by Crippen LogP contribution is 2.14. The minimum Gasteiger partial charge on any atom is -0.366 e. The molecule has 0 aliphatic rings. The predicted octanol–water partition coefficient (Wildman–Crippen LogP) is 2.52. The molecule has 5 heteroatoms. The number of anilines is 1. The minimum absolute atomic E-state index is 0.371. The Bertz CT molecular complexity index is 331. The monoisotopic (exact) mass is 256 g/mol. The van der Waals surface area contributed by atoms with Crippen LogP contribution in [0.5, 0.6) is 0 Å². The van der Waals surface area contributed by atoms with Crippen molar-refractivity contribution in [3.05, 3.63) is 17.5 Å². The zero-order valence-electron chi connectivity index (χ0n) is 10.9. The van der Waals surface area contributed by atoms with Gasteiger partial charge in [-0.2, -0.15) is 0 Å². The van der Waals surface area contributed by atoms with Crippen LogP contribution in [-0.4, -0.2) is 41.5 Å². The Labute approximate surface area is 108 Å². The van der Waals surface area contributed by atoms with E-state index in [2.05, 4.69) is 48.1 Å². The lowest BCUT2D eigenvalue weighted by Gasteiger charge is -2.24. The molecule has 0 aromatic carbocycles. The van der Waals surface area contributed by atoms with Crippen LogP contribution in [0.1, 0.15) is 20.3 Å². The second kappa shape index (κ2) is 6.77. The van der Waals surface area contributed by atoms with E-state index < -0.39 is 0 Å². The summed E-state index contributed by atoms with van der Waals surface area (Å²) in [4.78, 5) is 10.2. The SMILES string of the molecule is CC(C)CC(CN(C)C)Nc1cc(Cl)ncn1. The van der Waals surface area contributed by atoms with E-state index in [0.717, 1.165) is 18.8 Å². The molecule has 0 radical (unpaired) electrons. The average Bonchev–Trinajstić information content (AvgIpc) is 2.14. The number of rotatable bonds is 6.